The number of nitrogens with zero attached hydrogens (tertiary/aromatic N) is 3. The minimum absolute atomic E-state index is 0.128. The van der Waals surface area contributed by atoms with Crippen LogP contribution in [0.1, 0.15) is 12.2 Å². The number of nitriles is 1. The van der Waals surface area contributed by atoms with Crippen LogP contribution in [0.15, 0.2) is 46.4 Å². The van der Waals surface area contributed by atoms with Gasteiger partial charge in [0, 0.05) is 30.0 Å². The summed E-state index contributed by atoms with van der Waals surface area (Å²) in [5.41, 5.74) is 1.51. The number of aromatic nitrogens is 1. The van der Waals surface area contributed by atoms with Crippen LogP contribution in [0.5, 0.6) is 11.5 Å². The molecule has 3 aromatic rings. The van der Waals surface area contributed by atoms with Crippen molar-refractivity contribution in [2.75, 3.05) is 32.6 Å². The molecular weight excluding hydrogens is 404 g/mol. The lowest BCUT2D eigenvalue weighted by Crippen LogP contribution is -2.33. The highest BCUT2D eigenvalue weighted by atomic mass is 32.1. The third kappa shape index (κ3) is 5.59. The number of benzene rings is 1. The molecule has 2 heterocycles. The van der Waals surface area contributed by atoms with Gasteiger partial charge in [-0.2, -0.15) is 5.26 Å². The van der Waals surface area contributed by atoms with Crippen molar-refractivity contribution in [1.29, 1.82) is 5.26 Å². The number of amides is 1. The van der Waals surface area contributed by atoms with E-state index in [0.29, 0.717) is 41.8 Å². The summed E-state index contributed by atoms with van der Waals surface area (Å²) in [6.07, 6.45) is 1.91. The Kier molecular flexibility index (Phi) is 7.43. The van der Waals surface area contributed by atoms with Crippen molar-refractivity contribution >= 4 is 22.4 Å². The molecule has 0 saturated carbocycles. The smallest absolute Gasteiger partial charge is 0.240 e. The zero-order valence-corrected chi connectivity index (χ0v) is 17.6. The highest BCUT2D eigenvalue weighted by Crippen LogP contribution is 2.34. The third-order valence-corrected chi connectivity index (χ3v) is 5.06. The van der Waals surface area contributed by atoms with Gasteiger partial charge in [0.15, 0.2) is 5.13 Å². The number of furan rings is 1. The fraction of sp³-hybridized carbons (Fsp3) is 0.286. The van der Waals surface area contributed by atoms with Crippen LogP contribution < -0.4 is 14.8 Å². The Morgan fingerprint density at radius 3 is 2.90 bits per heavy atom. The molecule has 8 nitrogen and oxygen atoms in total. The summed E-state index contributed by atoms with van der Waals surface area (Å²) in [5.74, 6) is 1.86. The first kappa shape index (κ1) is 21.4. The van der Waals surface area contributed by atoms with Crippen LogP contribution in [0.3, 0.4) is 0 Å². The van der Waals surface area contributed by atoms with E-state index >= 15 is 0 Å². The fourth-order valence-electron chi connectivity index (χ4n) is 2.87. The van der Waals surface area contributed by atoms with E-state index in [0.717, 1.165) is 11.3 Å². The summed E-state index contributed by atoms with van der Waals surface area (Å²) in [7, 11) is 3.18. The van der Waals surface area contributed by atoms with Gasteiger partial charge in [0.05, 0.1) is 45.3 Å². The second kappa shape index (κ2) is 10.4. The van der Waals surface area contributed by atoms with Gasteiger partial charge in [0.2, 0.25) is 5.91 Å². The number of anilines is 1. The van der Waals surface area contributed by atoms with Crippen molar-refractivity contribution in [3.05, 3.63) is 47.7 Å². The van der Waals surface area contributed by atoms with Crippen molar-refractivity contribution in [2.45, 2.75) is 13.0 Å². The number of carbonyl (C=O) groups is 1. The van der Waals surface area contributed by atoms with Crippen LogP contribution >= 0.6 is 11.3 Å². The van der Waals surface area contributed by atoms with Gasteiger partial charge in [-0.15, -0.1) is 11.3 Å². The van der Waals surface area contributed by atoms with E-state index in [2.05, 4.69) is 16.4 Å². The highest BCUT2D eigenvalue weighted by molar-refractivity contribution is 7.14. The molecule has 0 radical (unpaired) electrons. The summed E-state index contributed by atoms with van der Waals surface area (Å²) in [5, 5.41) is 14.0. The first-order chi connectivity index (χ1) is 14.6. The molecule has 1 aromatic carbocycles. The number of carbonyl (C=O) groups excluding carboxylic acids is 1. The SMILES string of the molecule is COc1ccc(-c2csc(NC(=O)CN(CCC#N)Cc3ccco3)n2)c(OC)c1. The standard InChI is InChI=1S/C21H22N4O4S/c1-27-15-6-7-17(19(11-15)28-2)18-14-30-21(23-18)24-20(26)13-25(9-4-8-22)12-16-5-3-10-29-16/h3,5-7,10-11,14H,4,9,12-13H2,1-2H3,(H,23,24,26). The molecule has 0 aliphatic carbocycles. The maximum Gasteiger partial charge on any atom is 0.240 e. The zero-order valence-electron chi connectivity index (χ0n) is 16.8. The molecule has 1 N–H and O–H groups in total. The number of ether oxygens (including phenoxy) is 2. The average Bonchev–Trinajstić information content (AvgIpc) is 3.43. The van der Waals surface area contributed by atoms with Crippen LogP contribution in [0.2, 0.25) is 0 Å². The van der Waals surface area contributed by atoms with Gasteiger partial charge < -0.3 is 19.2 Å². The summed E-state index contributed by atoms with van der Waals surface area (Å²) in [4.78, 5) is 18.9. The molecule has 0 atom stereocenters. The van der Waals surface area contributed by atoms with Crippen molar-refractivity contribution < 1.29 is 18.7 Å². The summed E-state index contributed by atoms with van der Waals surface area (Å²) < 4.78 is 16.0. The topological polar surface area (TPSA) is 101 Å². The van der Waals surface area contributed by atoms with Crippen LogP contribution in [-0.4, -0.2) is 43.1 Å². The van der Waals surface area contributed by atoms with Gasteiger partial charge in [-0.1, -0.05) is 0 Å². The average molecular weight is 426 g/mol. The molecule has 0 aliphatic rings. The maximum atomic E-state index is 12.5. The molecule has 0 aliphatic heterocycles. The van der Waals surface area contributed by atoms with Crippen LogP contribution in [0.25, 0.3) is 11.3 Å². The Labute approximate surface area is 178 Å². The van der Waals surface area contributed by atoms with E-state index in [4.69, 9.17) is 19.2 Å². The lowest BCUT2D eigenvalue weighted by Gasteiger charge is -2.18. The van der Waals surface area contributed by atoms with Gasteiger partial charge >= 0.3 is 0 Å². The monoisotopic (exact) mass is 426 g/mol. The van der Waals surface area contributed by atoms with E-state index in [1.54, 1.807) is 32.6 Å². The molecule has 2 aromatic heterocycles. The summed E-state index contributed by atoms with van der Waals surface area (Å²) >= 11 is 1.33. The predicted octanol–water partition coefficient (Wildman–Crippen LogP) is 3.77. The summed E-state index contributed by atoms with van der Waals surface area (Å²) in [6, 6.07) is 11.2. The number of rotatable bonds is 10. The van der Waals surface area contributed by atoms with Crippen molar-refractivity contribution in [3.63, 3.8) is 0 Å². The number of methoxy groups -OCH3 is 2. The second-order valence-corrected chi connectivity index (χ2v) is 7.21. The highest BCUT2D eigenvalue weighted by Gasteiger charge is 2.16. The number of nitrogens with one attached hydrogen (secondary N) is 1. The first-order valence-corrected chi connectivity index (χ1v) is 10.1. The Balaban J connectivity index is 1.66. The molecule has 9 heteroatoms. The first-order valence-electron chi connectivity index (χ1n) is 9.22. The lowest BCUT2D eigenvalue weighted by atomic mass is 10.1. The normalized spacial score (nSPS) is 10.6. The minimum atomic E-state index is -0.206. The van der Waals surface area contributed by atoms with Gasteiger partial charge in [0.1, 0.15) is 17.3 Å². The van der Waals surface area contributed by atoms with Gasteiger partial charge in [-0.25, -0.2) is 4.98 Å². The molecule has 3 rings (SSSR count). The Bertz CT molecular complexity index is 1010. The van der Waals surface area contributed by atoms with Gasteiger partial charge in [-0.05, 0) is 24.3 Å². The molecule has 1 amide bonds. The van der Waals surface area contributed by atoms with E-state index in [-0.39, 0.29) is 12.5 Å². The Hall–Kier alpha value is -3.35. The quantitative estimate of drug-likeness (QED) is 0.526. The van der Waals surface area contributed by atoms with Gasteiger partial charge in [0.25, 0.3) is 0 Å². The maximum absolute atomic E-state index is 12.5. The van der Waals surface area contributed by atoms with E-state index in [1.807, 2.05) is 28.5 Å². The predicted molar refractivity (Wildman–Crippen MR) is 113 cm³/mol. The molecule has 0 saturated heterocycles. The van der Waals surface area contributed by atoms with Gasteiger partial charge in [-0.3, -0.25) is 9.69 Å². The fourth-order valence-corrected chi connectivity index (χ4v) is 3.60. The number of hydrogen-bond acceptors (Lipinski definition) is 8. The number of thiazole rings is 1. The molecule has 30 heavy (non-hydrogen) atoms. The molecule has 0 bridgehead atoms. The molecule has 0 unspecified atom stereocenters. The molecular formula is C21H22N4O4S. The number of hydrogen-bond donors (Lipinski definition) is 1. The molecule has 0 spiro atoms. The van der Waals surface area contributed by atoms with E-state index in [9.17, 15) is 4.79 Å². The third-order valence-electron chi connectivity index (χ3n) is 4.30. The van der Waals surface area contributed by atoms with Crippen LogP contribution in [-0.2, 0) is 11.3 Å². The Morgan fingerprint density at radius 2 is 2.20 bits per heavy atom. The van der Waals surface area contributed by atoms with Crippen molar-refractivity contribution in [1.82, 2.24) is 9.88 Å². The van der Waals surface area contributed by atoms with Crippen LogP contribution in [0.4, 0.5) is 5.13 Å². The van der Waals surface area contributed by atoms with Crippen molar-refractivity contribution in [3.8, 4) is 28.8 Å². The lowest BCUT2D eigenvalue weighted by molar-refractivity contribution is -0.117. The van der Waals surface area contributed by atoms with E-state index < -0.39 is 0 Å². The minimum Gasteiger partial charge on any atom is -0.497 e. The summed E-state index contributed by atoms with van der Waals surface area (Å²) in [6.45, 7) is 1.05. The molecule has 0 fully saturated rings. The molecule has 156 valence electrons. The van der Waals surface area contributed by atoms with E-state index in [1.165, 1.54) is 11.3 Å². The largest absolute Gasteiger partial charge is 0.497 e. The van der Waals surface area contributed by atoms with Crippen molar-refractivity contribution in [2.24, 2.45) is 0 Å². The zero-order chi connectivity index (χ0) is 21.3. The van der Waals surface area contributed by atoms with Crippen LogP contribution in [0, 0.1) is 11.3 Å². The second-order valence-electron chi connectivity index (χ2n) is 6.35. The Morgan fingerprint density at radius 1 is 1.33 bits per heavy atom.